The summed E-state index contributed by atoms with van der Waals surface area (Å²) >= 11 is 0. The van der Waals surface area contributed by atoms with Crippen molar-refractivity contribution in [3.05, 3.63) is 53.6 Å². The van der Waals surface area contributed by atoms with Crippen molar-refractivity contribution in [2.75, 3.05) is 0 Å². The summed E-state index contributed by atoms with van der Waals surface area (Å²) in [5.74, 6) is -0.424. The van der Waals surface area contributed by atoms with Gasteiger partial charge in [-0.15, -0.1) is 0 Å². The molecule has 0 fully saturated rings. The first kappa shape index (κ1) is 10.4. The minimum Gasteiger partial charge on any atom is -0.366 e. The van der Waals surface area contributed by atoms with Gasteiger partial charge >= 0.3 is 0 Å². The number of fused-ring (bicyclic) bond motifs is 1. The average Bonchev–Trinajstić information content (AvgIpc) is 2.27. The van der Waals surface area contributed by atoms with E-state index in [0.29, 0.717) is 0 Å². The van der Waals surface area contributed by atoms with Crippen molar-refractivity contribution in [1.29, 1.82) is 0 Å². The molecule has 2 nitrogen and oxygen atoms in total. The number of primary amides is 1. The Morgan fingerprint density at radius 3 is 2.69 bits per heavy atom. The van der Waals surface area contributed by atoms with E-state index in [-0.39, 0.29) is 0 Å². The Kier molecular flexibility index (Phi) is 2.73. The number of hydrogen-bond donors (Lipinski definition) is 1. The van der Waals surface area contributed by atoms with E-state index in [1.165, 1.54) is 6.08 Å². The molecule has 16 heavy (non-hydrogen) atoms. The van der Waals surface area contributed by atoms with Crippen LogP contribution in [0.3, 0.4) is 0 Å². The topological polar surface area (TPSA) is 43.1 Å². The molecule has 0 bridgehead atoms. The van der Waals surface area contributed by atoms with Crippen LogP contribution in [0.25, 0.3) is 16.8 Å². The first-order valence-corrected chi connectivity index (χ1v) is 5.14. The molecule has 0 aliphatic heterocycles. The van der Waals surface area contributed by atoms with E-state index in [1.807, 2.05) is 31.2 Å². The molecule has 1 amide bonds. The first-order valence-electron chi connectivity index (χ1n) is 5.14. The second-order valence-corrected chi connectivity index (χ2v) is 3.75. The molecule has 2 aromatic rings. The summed E-state index contributed by atoms with van der Waals surface area (Å²) in [5, 5.41) is 2.30. The molecule has 2 aromatic carbocycles. The monoisotopic (exact) mass is 211 g/mol. The van der Waals surface area contributed by atoms with E-state index in [2.05, 4.69) is 12.1 Å². The van der Waals surface area contributed by atoms with Gasteiger partial charge in [-0.25, -0.2) is 0 Å². The molecule has 2 heteroatoms. The van der Waals surface area contributed by atoms with Crippen LogP contribution in [0.5, 0.6) is 0 Å². The van der Waals surface area contributed by atoms with E-state index in [0.717, 1.165) is 21.9 Å². The number of benzene rings is 2. The Bertz CT molecular complexity index is 570. The lowest BCUT2D eigenvalue weighted by atomic mass is 9.99. The third-order valence-electron chi connectivity index (χ3n) is 2.60. The Labute approximate surface area is 94.4 Å². The molecule has 0 radical (unpaired) electrons. The Hall–Kier alpha value is -2.09. The number of carbonyl (C=O) groups excluding carboxylic acids is 1. The maximum absolute atomic E-state index is 10.8. The number of nitrogens with two attached hydrogens (primary N) is 1. The fraction of sp³-hybridized carbons (Fsp3) is 0.0714. The highest BCUT2D eigenvalue weighted by atomic mass is 16.1. The highest BCUT2D eigenvalue weighted by molar-refractivity contribution is 5.96. The van der Waals surface area contributed by atoms with Crippen LogP contribution in [0.2, 0.25) is 0 Å². The largest absolute Gasteiger partial charge is 0.366 e. The summed E-state index contributed by atoms with van der Waals surface area (Å²) < 4.78 is 0. The predicted octanol–water partition coefficient (Wildman–Crippen LogP) is 2.65. The van der Waals surface area contributed by atoms with Gasteiger partial charge in [-0.1, -0.05) is 36.4 Å². The van der Waals surface area contributed by atoms with Crippen LogP contribution in [0.4, 0.5) is 0 Å². The van der Waals surface area contributed by atoms with Gasteiger partial charge in [0.25, 0.3) is 0 Å². The van der Waals surface area contributed by atoms with Gasteiger partial charge in [0.05, 0.1) is 0 Å². The third-order valence-corrected chi connectivity index (χ3v) is 2.60. The summed E-state index contributed by atoms with van der Waals surface area (Å²) in [6.07, 6.45) is 3.18. The third kappa shape index (κ3) is 1.96. The Morgan fingerprint density at radius 1 is 1.19 bits per heavy atom. The summed E-state index contributed by atoms with van der Waals surface area (Å²) in [4.78, 5) is 10.8. The van der Waals surface area contributed by atoms with Crippen molar-refractivity contribution < 1.29 is 4.79 Å². The summed E-state index contributed by atoms with van der Waals surface area (Å²) in [6, 6.07) is 12.2. The van der Waals surface area contributed by atoms with Crippen molar-refractivity contribution in [2.24, 2.45) is 5.73 Å². The van der Waals surface area contributed by atoms with Gasteiger partial charge in [-0.2, -0.15) is 0 Å². The van der Waals surface area contributed by atoms with Crippen molar-refractivity contribution in [3.63, 3.8) is 0 Å². The highest BCUT2D eigenvalue weighted by Gasteiger charge is 2.01. The van der Waals surface area contributed by atoms with Gasteiger partial charge in [-0.3, -0.25) is 4.79 Å². The quantitative estimate of drug-likeness (QED) is 0.762. The molecule has 80 valence electrons. The summed E-state index contributed by atoms with van der Waals surface area (Å²) in [6.45, 7) is 2.02. The molecule has 2 N–H and O–H groups in total. The molecule has 0 spiro atoms. The molecule has 0 atom stereocenters. The smallest absolute Gasteiger partial charge is 0.241 e. The Balaban J connectivity index is 2.66. The SMILES string of the molecule is Cc1ccc2ccccc2c1C=CC(N)=O. The molecule has 0 aromatic heterocycles. The zero-order valence-corrected chi connectivity index (χ0v) is 9.10. The van der Waals surface area contributed by atoms with Crippen LogP contribution in [0, 0.1) is 6.92 Å². The van der Waals surface area contributed by atoms with E-state index in [4.69, 9.17) is 5.73 Å². The van der Waals surface area contributed by atoms with Crippen molar-refractivity contribution in [3.8, 4) is 0 Å². The minimum atomic E-state index is -0.424. The molecule has 0 aliphatic carbocycles. The van der Waals surface area contributed by atoms with Gasteiger partial charge in [-0.05, 0) is 34.9 Å². The maximum atomic E-state index is 10.8. The van der Waals surface area contributed by atoms with Crippen molar-refractivity contribution in [2.45, 2.75) is 6.92 Å². The second kappa shape index (κ2) is 4.19. The lowest BCUT2D eigenvalue weighted by Crippen LogP contribution is -2.05. The van der Waals surface area contributed by atoms with Crippen LogP contribution in [-0.2, 0) is 4.79 Å². The molecular formula is C14H13NO. The first-order chi connectivity index (χ1) is 7.68. The fourth-order valence-electron chi connectivity index (χ4n) is 1.79. The molecular weight excluding hydrogens is 198 g/mol. The highest BCUT2D eigenvalue weighted by Crippen LogP contribution is 2.23. The van der Waals surface area contributed by atoms with Crippen molar-refractivity contribution >= 4 is 22.8 Å². The molecule has 2 rings (SSSR count). The average molecular weight is 211 g/mol. The normalized spacial score (nSPS) is 11.1. The zero-order valence-electron chi connectivity index (χ0n) is 9.10. The number of aryl methyl sites for hydroxylation is 1. The van der Waals surface area contributed by atoms with Crippen LogP contribution in [0.1, 0.15) is 11.1 Å². The Morgan fingerprint density at radius 2 is 1.94 bits per heavy atom. The lowest BCUT2D eigenvalue weighted by molar-refractivity contribution is -0.113. The predicted molar refractivity (Wildman–Crippen MR) is 66.9 cm³/mol. The van der Waals surface area contributed by atoms with Gasteiger partial charge in [0, 0.05) is 6.08 Å². The number of rotatable bonds is 2. The molecule has 0 saturated heterocycles. The fourth-order valence-corrected chi connectivity index (χ4v) is 1.79. The lowest BCUT2D eigenvalue weighted by Gasteiger charge is -2.05. The standard InChI is InChI=1S/C14H13NO/c1-10-6-7-11-4-2-3-5-13(11)12(10)8-9-14(15)16/h2-9H,1H3,(H2,15,16). The minimum absolute atomic E-state index is 0.424. The molecule has 0 aliphatic rings. The van der Waals surface area contributed by atoms with Crippen LogP contribution in [0.15, 0.2) is 42.5 Å². The van der Waals surface area contributed by atoms with Crippen LogP contribution in [-0.4, -0.2) is 5.91 Å². The summed E-state index contributed by atoms with van der Waals surface area (Å²) in [7, 11) is 0. The zero-order chi connectivity index (χ0) is 11.5. The van der Waals surface area contributed by atoms with Crippen molar-refractivity contribution in [1.82, 2.24) is 0 Å². The van der Waals surface area contributed by atoms with Gasteiger partial charge < -0.3 is 5.73 Å². The van der Waals surface area contributed by atoms with E-state index in [1.54, 1.807) is 6.08 Å². The number of hydrogen-bond acceptors (Lipinski definition) is 1. The number of carbonyl (C=O) groups is 1. The van der Waals surface area contributed by atoms with Gasteiger partial charge in [0.1, 0.15) is 0 Å². The van der Waals surface area contributed by atoms with Crippen LogP contribution >= 0.6 is 0 Å². The van der Waals surface area contributed by atoms with E-state index in [9.17, 15) is 4.79 Å². The van der Waals surface area contributed by atoms with E-state index < -0.39 is 5.91 Å². The summed E-state index contributed by atoms with van der Waals surface area (Å²) in [5.41, 5.74) is 7.30. The van der Waals surface area contributed by atoms with Crippen LogP contribution < -0.4 is 5.73 Å². The maximum Gasteiger partial charge on any atom is 0.241 e. The van der Waals surface area contributed by atoms with E-state index >= 15 is 0 Å². The second-order valence-electron chi connectivity index (χ2n) is 3.75. The molecule has 0 unspecified atom stereocenters. The van der Waals surface area contributed by atoms with Gasteiger partial charge in [0.15, 0.2) is 0 Å². The van der Waals surface area contributed by atoms with Gasteiger partial charge in [0.2, 0.25) is 5.91 Å². The molecule has 0 saturated carbocycles. The molecule has 0 heterocycles. The number of amides is 1.